The molecular formula is C20H20N4O5S. The van der Waals surface area contributed by atoms with E-state index in [9.17, 15) is 8.42 Å². The molecule has 1 aliphatic heterocycles. The van der Waals surface area contributed by atoms with Gasteiger partial charge in [-0.05, 0) is 42.5 Å². The van der Waals surface area contributed by atoms with Crippen LogP contribution in [0.25, 0.3) is 0 Å². The molecule has 1 aliphatic rings. The molecule has 0 aliphatic carbocycles. The Morgan fingerprint density at radius 1 is 1.10 bits per heavy atom. The van der Waals surface area contributed by atoms with Gasteiger partial charge in [-0.1, -0.05) is 0 Å². The molecule has 0 radical (unpaired) electrons. The van der Waals surface area contributed by atoms with E-state index in [4.69, 9.17) is 19.6 Å². The lowest BCUT2D eigenvalue weighted by atomic mass is 10.2. The quantitative estimate of drug-likeness (QED) is 0.618. The van der Waals surface area contributed by atoms with Crippen LogP contribution in [0.3, 0.4) is 0 Å². The van der Waals surface area contributed by atoms with Crippen molar-refractivity contribution in [2.75, 3.05) is 23.8 Å². The summed E-state index contributed by atoms with van der Waals surface area (Å²) in [7, 11) is -1.03. The lowest BCUT2D eigenvalue weighted by Gasteiger charge is -2.29. The number of fused-ring (bicyclic) bond motifs is 1. The Bertz CT molecular complexity index is 1190. The second kappa shape index (κ2) is 7.73. The summed E-state index contributed by atoms with van der Waals surface area (Å²) in [6.45, 7) is 0. The first-order valence-electron chi connectivity index (χ1n) is 8.93. The van der Waals surface area contributed by atoms with Crippen LogP contribution in [0, 0.1) is 0 Å². The molecule has 1 atom stereocenters. The smallest absolute Gasteiger partial charge is 0.265 e. The Hall–Kier alpha value is -3.50. The Kier molecular flexibility index (Phi) is 5.10. The molecule has 2 heterocycles. The van der Waals surface area contributed by atoms with Crippen LogP contribution in [0.5, 0.6) is 11.5 Å². The number of benzene rings is 2. The lowest BCUT2D eigenvalue weighted by Crippen LogP contribution is -2.35. The summed E-state index contributed by atoms with van der Waals surface area (Å²) in [4.78, 5) is 5.98. The fraction of sp³-hybridized carbons (Fsp3) is 0.150. The molecule has 156 valence electrons. The number of nitrogens with one attached hydrogen (secondary N) is 1. The third-order valence-electron chi connectivity index (χ3n) is 4.67. The zero-order chi connectivity index (χ0) is 21.3. The summed E-state index contributed by atoms with van der Waals surface area (Å²) < 4.78 is 43.9. The number of furan rings is 1. The van der Waals surface area contributed by atoms with Gasteiger partial charge in [-0.2, -0.15) is 0 Å². The number of ether oxygens (including phenoxy) is 2. The van der Waals surface area contributed by atoms with Crippen LogP contribution in [0.2, 0.25) is 0 Å². The molecule has 0 saturated carbocycles. The zero-order valence-corrected chi connectivity index (χ0v) is 17.1. The molecule has 4 rings (SSSR count). The molecule has 1 unspecified atom stereocenters. The van der Waals surface area contributed by atoms with Gasteiger partial charge < -0.3 is 24.5 Å². The summed E-state index contributed by atoms with van der Waals surface area (Å²) >= 11 is 0. The topological polar surface area (TPSA) is 119 Å². The van der Waals surface area contributed by atoms with Gasteiger partial charge in [0.05, 0.1) is 26.0 Å². The molecule has 9 nitrogen and oxygen atoms in total. The van der Waals surface area contributed by atoms with Gasteiger partial charge in [-0.15, -0.1) is 0 Å². The third-order valence-corrected chi connectivity index (χ3v) is 6.07. The summed E-state index contributed by atoms with van der Waals surface area (Å²) in [5.74, 6) is 1.10. The molecule has 1 aromatic heterocycles. The van der Waals surface area contributed by atoms with Gasteiger partial charge in [0.1, 0.15) is 28.9 Å². The largest absolute Gasteiger partial charge is 0.497 e. The molecule has 3 aromatic rings. The van der Waals surface area contributed by atoms with Gasteiger partial charge in [0.2, 0.25) is 5.88 Å². The summed E-state index contributed by atoms with van der Waals surface area (Å²) in [5.41, 5.74) is 8.18. The van der Waals surface area contributed by atoms with Crippen molar-refractivity contribution in [1.82, 2.24) is 0 Å². The number of anilines is 2. The number of rotatable bonds is 6. The van der Waals surface area contributed by atoms with Gasteiger partial charge in [0, 0.05) is 17.4 Å². The molecule has 10 heteroatoms. The molecular weight excluding hydrogens is 408 g/mol. The first-order chi connectivity index (χ1) is 14.4. The van der Waals surface area contributed by atoms with E-state index in [1.807, 2.05) is 0 Å². The van der Waals surface area contributed by atoms with Crippen LogP contribution in [-0.4, -0.2) is 29.0 Å². The normalized spacial score (nSPS) is 15.6. The van der Waals surface area contributed by atoms with Gasteiger partial charge in [0.25, 0.3) is 10.0 Å². The van der Waals surface area contributed by atoms with Gasteiger partial charge in [-0.3, -0.25) is 4.72 Å². The van der Waals surface area contributed by atoms with Crippen molar-refractivity contribution < 1.29 is 22.3 Å². The van der Waals surface area contributed by atoms with Crippen LogP contribution in [0.15, 0.2) is 69.1 Å². The van der Waals surface area contributed by atoms with E-state index in [1.165, 1.54) is 32.6 Å². The van der Waals surface area contributed by atoms with Crippen LogP contribution in [0.1, 0.15) is 11.7 Å². The average Bonchev–Trinajstić information content (AvgIpc) is 3.24. The molecule has 0 fully saturated rings. The number of nitrogens with two attached hydrogens (primary N) is 1. The van der Waals surface area contributed by atoms with E-state index in [-0.39, 0.29) is 10.6 Å². The first kappa shape index (κ1) is 19.8. The Balaban J connectivity index is 1.57. The van der Waals surface area contributed by atoms with Gasteiger partial charge in [-0.25, -0.2) is 13.4 Å². The lowest BCUT2D eigenvalue weighted by molar-refractivity contribution is 0.392. The average molecular weight is 428 g/mol. The predicted molar refractivity (Wildman–Crippen MR) is 113 cm³/mol. The van der Waals surface area contributed by atoms with Gasteiger partial charge in [0.15, 0.2) is 0 Å². The standard InChI is InChI=1S/C20H20N4O5S/c1-27-15-7-8-17(28-2)18(11-15)30(25,26)23-13-3-5-14(6-4-13)24-12-22-20-16(19(24)21)9-10-29-20/h3-12,19,23H,21H2,1-2H3. The van der Waals surface area contributed by atoms with Crippen LogP contribution in [0.4, 0.5) is 17.3 Å². The maximum Gasteiger partial charge on any atom is 0.265 e. The van der Waals surface area contributed by atoms with Gasteiger partial charge >= 0.3 is 0 Å². The maximum absolute atomic E-state index is 12.9. The van der Waals surface area contributed by atoms with E-state index in [0.29, 0.717) is 17.3 Å². The molecule has 0 spiro atoms. The summed E-state index contributed by atoms with van der Waals surface area (Å²) in [5, 5.41) is 0. The second-order valence-electron chi connectivity index (χ2n) is 6.45. The monoisotopic (exact) mass is 428 g/mol. The van der Waals surface area contributed by atoms with Crippen molar-refractivity contribution in [2.45, 2.75) is 11.1 Å². The Morgan fingerprint density at radius 3 is 2.57 bits per heavy atom. The molecule has 30 heavy (non-hydrogen) atoms. The highest BCUT2D eigenvalue weighted by molar-refractivity contribution is 7.92. The molecule has 0 amide bonds. The van der Waals surface area contributed by atoms with Crippen molar-refractivity contribution in [3.8, 4) is 11.5 Å². The SMILES string of the molecule is COc1ccc(OC)c(S(=O)(=O)Nc2ccc(N3C=Nc4occc4C3N)cc2)c1. The van der Waals surface area contributed by atoms with Crippen LogP contribution in [-0.2, 0) is 10.0 Å². The van der Waals surface area contributed by atoms with Crippen molar-refractivity contribution >= 4 is 33.6 Å². The molecule has 2 aromatic carbocycles. The van der Waals surface area contributed by atoms with E-state index in [0.717, 1.165) is 11.3 Å². The van der Waals surface area contributed by atoms with Crippen molar-refractivity contribution in [2.24, 2.45) is 10.7 Å². The highest BCUT2D eigenvalue weighted by Crippen LogP contribution is 2.34. The van der Waals surface area contributed by atoms with Crippen LogP contribution >= 0.6 is 0 Å². The first-order valence-corrected chi connectivity index (χ1v) is 10.4. The summed E-state index contributed by atoms with van der Waals surface area (Å²) in [6, 6.07) is 13.1. The minimum atomic E-state index is -3.90. The van der Waals surface area contributed by atoms with E-state index in [2.05, 4.69) is 9.71 Å². The number of methoxy groups -OCH3 is 2. The fourth-order valence-corrected chi connectivity index (χ4v) is 4.35. The highest BCUT2D eigenvalue weighted by atomic mass is 32.2. The van der Waals surface area contributed by atoms with E-state index < -0.39 is 16.2 Å². The molecule has 0 bridgehead atoms. The minimum Gasteiger partial charge on any atom is -0.497 e. The number of sulfonamides is 1. The Labute approximate surface area is 173 Å². The van der Waals surface area contributed by atoms with Crippen LogP contribution < -0.4 is 24.8 Å². The van der Waals surface area contributed by atoms with E-state index in [1.54, 1.807) is 47.6 Å². The minimum absolute atomic E-state index is 0.0221. The number of nitrogens with zero attached hydrogens (tertiary/aromatic N) is 2. The number of hydrogen-bond donors (Lipinski definition) is 2. The zero-order valence-electron chi connectivity index (χ0n) is 16.3. The van der Waals surface area contributed by atoms with E-state index >= 15 is 0 Å². The van der Waals surface area contributed by atoms with Crippen molar-refractivity contribution in [3.05, 3.63) is 60.4 Å². The number of hydrogen-bond acceptors (Lipinski definition) is 8. The Morgan fingerprint density at radius 2 is 1.87 bits per heavy atom. The molecule has 3 N–H and O–H groups in total. The third kappa shape index (κ3) is 3.58. The predicted octanol–water partition coefficient (Wildman–Crippen LogP) is 3.23. The second-order valence-corrected chi connectivity index (χ2v) is 8.10. The maximum atomic E-state index is 12.9. The molecule has 0 saturated heterocycles. The highest BCUT2D eigenvalue weighted by Gasteiger charge is 2.25. The fourth-order valence-electron chi connectivity index (χ4n) is 3.11. The summed E-state index contributed by atoms with van der Waals surface area (Å²) in [6.07, 6.45) is 2.66. The number of aliphatic imine (C=N–C) groups is 1. The van der Waals surface area contributed by atoms with Crippen molar-refractivity contribution in [3.63, 3.8) is 0 Å². The van der Waals surface area contributed by atoms with Crippen molar-refractivity contribution in [1.29, 1.82) is 0 Å².